The molecule has 5 nitrogen and oxygen atoms in total. The Bertz CT molecular complexity index is 603. The lowest BCUT2D eigenvalue weighted by atomic mass is 10.2. The standard InChI is InChI=1S/C20H30N4O/c1-16-6-8-19(9-7-16)25-17(2)14-22-20(21-3)24-13-10-18(15-24)23-11-4-5-12-23/h4-9,17-18H,10-15H2,1-3H3,(H,21,22). The molecule has 0 amide bonds. The quantitative estimate of drug-likeness (QED) is 0.506. The summed E-state index contributed by atoms with van der Waals surface area (Å²) in [6.45, 7) is 9.20. The van der Waals surface area contributed by atoms with Gasteiger partial charge in [-0.15, -0.1) is 0 Å². The lowest BCUT2D eigenvalue weighted by Gasteiger charge is -2.26. The highest BCUT2D eigenvalue weighted by Crippen LogP contribution is 2.18. The maximum absolute atomic E-state index is 5.98. The predicted octanol–water partition coefficient (Wildman–Crippen LogP) is 2.28. The molecule has 1 aromatic carbocycles. The van der Waals surface area contributed by atoms with E-state index < -0.39 is 0 Å². The fraction of sp³-hybridized carbons (Fsp3) is 0.550. The van der Waals surface area contributed by atoms with E-state index in [1.807, 2.05) is 19.2 Å². The summed E-state index contributed by atoms with van der Waals surface area (Å²) in [4.78, 5) is 9.36. The number of nitrogens with zero attached hydrogens (tertiary/aromatic N) is 3. The Labute approximate surface area is 151 Å². The van der Waals surface area contributed by atoms with Crippen LogP contribution in [0.25, 0.3) is 0 Å². The third-order valence-corrected chi connectivity index (χ3v) is 4.94. The minimum atomic E-state index is 0.0839. The van der Waals surface area contributed by atoms with Gasteiger partial charge in [0.25, 0.3) is 0 Å². The van der Waals surface area contributed by atoms with Crippen LogP contribution in [0.1, 0.15) is 18.9 Å². The van der Waals surface area contributed by atoms with Crippen LogP contribution in [0.5, 0.6) is 5.75 Å². The number of hydrogen-bond donors (Lipinski definition) is 1. The summed E-state index contributed by atoms with van der Waals surface area (Å²) in [7, 11) is 1.86. The third-order valence-electron chi connectivity index (χ3n) is 4.94. The first-order valence-electron chi connectivity index (χ1n) is 9.23. The van der Waals surface area contributed by atoms with Crippen LogP contribution in [0.4, 0.5) is 0 Å². The smallest absolute Gasteiger partial charge is 0.193 e. The van der Waals surface area contributed by atoms with Crippen LogP contribution in [0.2, 0.25) is 0 Å². The number of likely N-dealkylation sites (tertiary alicyclic amines) is 1. The Hall–Kier alpha value is -2.01. The summed E-state index contributed by atoms with van der Waals surface area (Å²) in [6.07, 6.45) is 5.82. The molecular weight excluding hydrogens is 312 g/mol. The number of guanidine groups is 1. The van der Waals surface area contributed by atoms with Crippen LogP contribution in [0, 0.1) is 6.92 Å². The number of nitrogens with one attached hydrogen (secondary N) is 1. The average Bonchev–Trinajstić information content (AvgIpc) is 3.29. The van der Waals surface area contributed by atoms with E-state index in [-0.39, 0.29) is 6.10 Å². The number of benzene rings is 1. The Morgan fingerprint density at radius 1 is 1.28 bits per heavy atom. The van der Waals surface area contributed by atoms with Crippen LogP contribution in [0.15, 0.2) is 41.4 Å². The predicted molar refractivity (Wildman–Crippen MR) is 103 cm³/mol. The lowest BCUT2D eigenvalue weighted by Crippen LogP contribution is -2.45. The van der Waals surface area contributed by atoms with Crippen molar-refractivity contribution in [3.8, 4) is 5.75 Å². The van der Waals surface area contributed by atoms with Crippen LogP contribution >= 0.6 is 0 Å². The maximum Gasteiger partial charge on any atom is 0.193 e. The zero-order chi connectivity index (χ0) is 17.6. The van der Waals surface area contributed by atoms with Crippen molar-refractivity contribution in [1.82, 2.24) is 15.1 Å². The lowest BCUT2D eigenvalue weighted by molar-refractivity contribution is 0.221. The summed E-state index contributed by atoms with van der Waals surface area (Å²) >= 11 is 0. The third kappa shape index (κ3) is 4.75. The first-order valence-corrected chi connectivity index (χ1v) is 9.23. The maximum atomic E-state index is 5.98. The number of aryl methyl sites for hydroxylation is 1. The molecule has 0 aliphatic carbocycles. The molecule has 2 atom stereocenters. The van der Waals surface area contributed by atoms with Gasteiger partial charge in [-0.1, -0.05) is 29.8 Å². The van der Waals surface area contributed by atoms with Gasteiger partial charge in [0, 0.05) is 39.3 Å². The first-order chi connectivity index (χ1) is 12.2. The van der Waals surface area contributed by atoms with Crippen molar-refractivity contribution in [3.05, 3.63) is 42.0 Å². The number of hydrogen-bond acceptors (Lipinski definition) is 3. The summed E-state index contributed by atoms with van der Waals surface area (Å²) in [5.74, 6) is 1.90. The second-order valence-electron chi connectivity index (χ2n) is 6.98. The minimum Gasteiger partial charge on any atom is -0.489 e. The van der Waals surface area contributed by atoms with E-state index in [0.29, 0.717) is 6.04 Å². The van der Waals surface area contributed by atoms with E-state index >= 15 is 0 Å². The molecule has 2 aliphatic rings. The highest BCUT2D eigenvalue weighted by molar-refractivity contribution is 5.80. The molecule has 2 aliphatic heterocycles. The summed E-state index contributed by atoms with van der Waals surface area (Å²) < 4.78 is 5.98. The van der Waals surface area contributed by atoms with Crippen LogP contribution in [0.3, 0.4) is 0 Å². The van der Waals surface area contributed by atoms with E-state index in [9.17, 15) is 0 Å². The van der Waals surface area contributed by atoms with Gasteiger partial charge < -0.3 is 15.0 Å². The van der Waals surface area contributed by atoms with Crippen molar-refractivity contribution in [2.24, 2.45) is 4.99 Å². The van der Waals surface area contributed by atoms with Gasteiger partial charge in [0.1, 0.15) is 11.9 Å². The van der Waals surface area contributed by atoms with Gasteiger partial charge in [-0.05, 0) is 32.4 Å². The van der Waals surface area contributed by atoms with Crippen molar-refractivity contribution in [2.45, 2.75) is 32.4 Å². The molecule has 0 spiro atoms. The van der Waals surface area contributed by atoms with E-state index in [4.69, 9.17) is 4.74 Å². The van der Waals surface area contributed by atoms with Crippen molar-refractivity contribution >= 4 is 5.96 Å². The van der Waals surface area contributed by atoms with Crippen molar-refractivity contribution < 1.29 is 4.74 Å². The molecule has 1 saturated heterocycles. The molecule has 25 heavy (non-hydrogen) atoms. The van der Waals surface area contributed by atoms with E-state index in [2.05, 4.69) is 58.2 Å². The number of ether oxygens (including phenoxy) is 1. The normalized spacial score (nSPS) is 22.4. The SMILES string of the molecule is CN=C(NCC(C)Oc1ccc(C)cc1)N1CCC(N2CC=CC2)C1. The molecule has 0 radical (unpaired) electrons. The van der Waals surface area contributed by atoms with E-state index in [0.717, 1.165) is 44.4 Å². The van der Waals surface area contributed by atoms with Gasteiger partial charge >= 0.3 is 0 Å². The molecule has 0 bridgehead atoms. The topological polar surface area (TPSA) is 40.1 Å². The van der Waals surface area contributed by atoms with Crippen LogP contribution in [-0.4, -0.2) is 67.7 Å². The average molecular weight is 342 g/mol. The Morgan fingerprint density at radius 3 is 2.68 bits per heavy atom. The van der Waals surface area contributed by atoms with Crippen LogP contribution in [-0.2, 0) is 0 Å². The fourth-order valence-corrected chi connectivity index (χ4v) is 3.48. The molecule has 3 rings (SSSR count). The van der Waals surface area contributed by atoms with Crippen molar-refractivity contribution in [2.75, 3.05) is 39.8 Å². The van der Waals surface area contributed by atoms with E-state index in [1.165, 1.54) is 12.0 Å². The molecule has 2 heterocycles. The largest absolute Gasteiger partial charge is 0.489 e. The zero-order valence-corrected chi connectivity index (χ0v) is 15.6. The molecule has 0 saturated carbocycles. The highest BCUT2D eigenvalue weighted by atomic mass is 16.5. The van der Waals surface area contributed by atoms with Gasteiger partial charge in [0.15, 0.2) is 5.96 Å². The van der Waals surface area contributed by atoms with Gasteiger partial charge in [-0.3, -0.25) is 9.89 Å². The molecule has 5 heteroatoms. The van der Waals surface area contributed by atoms with Gasteiger partial charge in [-0.25, -0.2) is 0 Å². The molecule has 136 valence electrons. The molecule has 2 unspecified atom stereocenters. The second kappa shape index (κ2) is 8.39. The van der Waals surface area contributed by atoms with Crippen molar-refractivity contribution in [3.63, 3.8) is 0 Å². The molecule has 0 aromatic heterocycles. The van der Waals surface area contributed by atoms with Gasteiger partial charge in [0.2, 0.25) is 0 Å². The fourth-order valence-electron chi connectivity index (χ4n) is 3.48. The number of aliphatic imine (C=N–C) groups is 1. The Morgan fingerprint density at radius 2 is 2.00 bits per heavy atom. The second-order valence-corrected chi connectivity index (χ2v) is 6.98. The highest BCUT2D eigenvalue weighted by Gasteiger charge is 2.29. The Balaban J connectivity index is 1.45. The zero-order valence-electron chi connectivity index (χ0n) is 15.6. The Kier molecular flexibility index (Phi) is 5.97. The molecule has 1 fully saturated rings. The van der Waals surface area contributed by atoms with Crippen LogP contribution < -0.4 is 10.1 Å². The summed E-state index contributed by atoms with van der Waals surface area (Å²) in [5, 5.41) is 3.47. The first kappa shape index (κ1) is 17.8. The monoisotopic (exact) mass is 342 g/mol. The molecular formula is C20H30N4O. The van der Waals surface area contributed by atoms with Gasteiger partial charge in [0.05, 0.1) is 6.54 Å². The van der Waals surface area contributed by atoms with Crippen molar-refractivity contribution in [1.29, 1.82) is 0 Å². The summed E-state index contributed by atoms with van der Waals surface area (Å²) in [6, 6.07) is 8.83. The van der Waals surface area contributed by atoms with Gasteiger partial charge in [-0.2, -0.15) is 0 Å². The van der Waals surface area contributed by atoms with E-state index in [1.54, 1.807) is 0 Å². The number of rotatable bonds is 5. The molecule has 1 N–H and O–H groups in total. The molecule has 1 aromatic rings. The minimum absolute atomic E-state index is 0.0839. The summed E-state index contributed by atoms with van der Waals surface area (Å²) in [5.41, 5.74) is 1.25.